The summed E-state index contributed by atoms with van der Waals surface area (Å²) in [6.45, 7) is 0.708. The molecule has 0 aliphatic carbocycles. The molecule has 0 bridgehead atoms. The molecule has 142 valence electrons. The highest BCUT2D eigenvalue weighted by molar-refractivity contribution is 7.88. The minimum Gasteiger partial charge on any atom is -0.472 e. The Kier molecular flexibility index (Phi) is 5.52. The molecule has 9 heteroatoms. The Bertz CT molecular complexity index is 788. The third-order valence-corrected chi connectivity index (χ3v) is 7.06. The van der Waals surface area contributed by atoms with Crippen molar-refractivity contribution in [2.24, 2.45) is 5.92 Å². The van der Waals surface area contributed by atoms with Gasteiger partial charge in [-0.1, -0.05) is 6.07 Å². The number of amides is 1. The zero-order valence-electron chi connectivity index (χ0n) is 14.4. The van der Waals surface area contributed by atoms with Crippen molar-refractivity contribution in [2.75, 3.05) is 25.9 Å². The van der Waals surface area contributed by atoms with Crippen molar-refractivity contribution < 1.29 is 22.7 Å². The standard InChI is InChI=1S/C17H22N2O5S2/c1-26(22,23)19-7-4-13(5-8-19)16(20)18-12-17(21,14-6-9-24-11-14)15-3-2-10-25-15/h2-3,6,9-11,13,21H,4-5,7-8,12H2,1H3,(H,18,20). The average molecular weight is 399 g/mol. The first-order valence-electron chi connectivity index (χ1n) is 8.32. The molecule has 7 nitrogen and oxygen atoms in total. The van der Waals surface area contributed by atoms with Gasteiger partial charge in [-0.2, -0.15) is 0 Å². The number of nitrogens with zero attached hydrogens (tertiary/aromatic N) is 1. The summed E-state index contributed by atoms with van der Waals surface area (Å²) in [5.41, 5.74) is -0.781. The highest BCUT2D eigenvalue weighted by Gasteiger charge is 2.36. The minimum absolute atomic E-state index is 0.0260. The van der Waals surface area contributed by atoms with Gasteiger partial charge in [0.2, 0.25) is 15.9 Å². The fraction of sp³-hybridized carbons (Fsp3) is 0.471. The van der Waals surface area contributed by atoms with Crippen LogP contribution < -0.4 is 5.32 Å². The van der Waals surface area contributed by atoms with Crippen LogP contribution in [-0.4, -0.2) is 49.6 Å². The number of piperidine rings is 1. The zero-order chi connectivity index (χ0) is 18.8. The molecule has 1 aliphatic heterocycles. The van der Waals surface area contributed by atoms with Crippen molar-refractivity contribution in [1.29, 1.82) is 0 Å². The summed E-state index contributed by atoms with van der Waals surface area (Å²) < 4.78 is 29.6. The summed E-state index contributed by atoms with van der Waals surface area (Å²) >= 11 is 1.40. The summed E-state index contributed by atoms with van der Waals surface area (Å²) in [6.07, 6.45) is 5.08. The maximum absolute atomic E-state index is 12.5. The van der Waals surface area contributed by atoms with Crippen LogP contribution in [-0.2, 0) is 20.4 Å². The number of thiophene rings is 1. The lowest BCUT2D eigenvalue weighted by atomic mass is 9.93. The second-order valence-corrected chi connectivity index (χ2v) is 9.43. The van der Waals surface area contributed by atoms with Gasteiger partial charge in [0, 0.05) is 29.4 Å². The molecule has 1 saturated heterocycles. The van der Waals surface area contributed by atoms with E-state index in [1.165, 1.54) is 34.4 Å². The molecule has 1 unspecified atom stereocenters. The summed E-state index contributed by atoms with van der Waals surface area (Å²) in [5, 5.41) is 15.9. The number of hydrogen-bond donors (Lipinski definition) is 2. The SMILES string of the molecule is CS(=O)(=O)N1CCC(C(=O)NCC(O)(c2ccoc2)c2cccs2)CC1. The number of carbonyl (C=O) groups excluding carboxylic acids is 1. The number of carbonyl (C=O) groups is 1. The number of hydrogen-bond acceptors (Lipinski definition) is 6. The fourth-order valence-corrected chi connectivity index (χ4v) is 4.87. The molecule has 1 fully saturated rings. The minimum atomic E-state index is -3.22. The largest absolute Gasteiger partial charge is 0.472 e. The van der Waals surface area contributed by atoms with Gasteiger partial charge in [0.25, 0.3) is 0 Å². The fourth-order valence-electron chi connectivity index (χ4n) is 3.15. The normalized spacial score (nSPS) is 19.2. The van der Waals surface area contributed by atoms with Crippen LogP contribution in [0.5, 0.6) is 0 Å². The molecular formula is C17H22N2O5S2. The van der Waals surface area contributed by atoms with Gasteiger partial charge < -0.3 is 14.8 Å². The highest BCUT2D eigenvalue weighted by Crippen LogP contribution is 2.33. The Morgan fingerprint density at radius 1 is 1.42 bits per heavy atom. The lowest BCUT2D eigenvalue weighted by Gasteiger charge is -2.31. The molecule has 0 radical (unpaired) electrons. The van der Waals surface area contributed by atoms with E-state index in [9.17, 15) is 18.3 Å². The van der Waals surface area contributed by atoms with Gasteiger partial charge in [-0.25, -0.2) is 12.7 Å². The van der Waals surface area contributed by atoms with Gasteiger partial charge in [0.1, 0.15) is 5.60 Å². The Morgan fingerprint density at radius 3 is 2.69 bits per heavy atom. The molecule has 2 aromatic heterocycles. The van der Waals surface area contributed by atoms with Crippen molar-refractivity contribution in [3.63, 3.8) is 0 Å². The Balaban J connectivity index is 1.64. The average Bonchev–Trinajstić information content (AvgIpc) is 3.32. The number of rotatable bonds is 6. The molecule has 26 heavy (non-hydrogen) atoms. The molecule has 2 aromatic rings. The number of aliphatic hydroxyl groups is 1. The molecule has 1 amide bonds. The van der Waals surface area contributed by atoms with Gasteiger partial charge in [-0.3, -0.25) is 4.79 Å². The van der Waals surface area contributed by atoms with Gasteiger partial charge >= 0.3 is 0 Å². The Hall–Kier alpha value is -1.68. The zero-order valence-corrected chi connectivity index (χ0v) is 16.1. The Morgan fingerprint density at radius 2 is 2.15 bits per heavy atom. The van der Waals surface area contributed by atoms with E-state index < -0.39 is 15.6 Å². The van der Waals surface area contributed by atoms with Gasteiger partial charge in [-0.05, 0) is 30.4 Å². The highest BCUT2D eigenvalue weighted by atomic mass is 32.2. The number of nitrogens with one attached hydrogen (secondary N) is 1. The topological polar surface area (TPSA) is 99.9 Å². The first-order valence-corrected chi connectivity index (χ1v) is 11.1. The predicted octanol–water partition coefficient (Wildman–Crippen LogP) is 1.36. The van der Waals surface area contributed by atoms with Crippen LogP contribution in [0.25, 0.3) is 0 Å². The van der Waals surface area contributed by atoms with E-state index in [0.717, 1.165) is 0 Å². The van der Waals surface area contributed by atoms with E-state index in [4.69, 9.17) is 4.42 Å². The van der Waals surface area contributed by atoms with E-state index in [2.05, 4.69) is 5.32 Å². The van der Waals surface area contributed by atoms with Crippen molar-refractivity contribution in [3.8, 4) is 0 Å². The van der Waals surface area contributed by atoms with Crippen LogP contribution in [0.15, 0.2) is 40.5 Å². The van der Waals surface area contributed by atoms with Crippen LogP contribution in [0.2, 0.25) is 0 Å². The van der Waals surface area contributed by atoms with E-state index in [-0.39, 0.29) is 18.4 Å². The smallest absolute Gasteiger partial charge is 0.223 e. The number of furan rings is 1. The van der Waals surface area contributed by atoms with Crippen molar-refractivity contribution in [1.82, 2.24) is 9.62 Å². The van der Waals surface area contributed by atoms with E-state index in [1.54, 1.807) is 6.07 Å². The molecule has 0 aromatic carbocycles. The van der Waals surface area contributed by atoms with Crippen LogP contribution in [0.4, 0.5) is 0 Å². The lowest BCUT2D eigenvalue weighted by Crippen LogP contribution is -2.46. The molecule has 1 aliphatic rings. The van der Waals surface area contributed by atoms with Gasteiger partial charge in [0.05, 0.1) is 25.3 Å². The molecule has 0 saturated carbocycles. The molecular weight excluding hydrogens is 376 g/mol. The van der Waals surface area contributed by atoms with Crippen molar-refractivity contribution in [3.05, 3.63) is 46.5 Å². The third kappa shape index (κ3) is 4.01. The predicted molar refractivity (Wildman–Crippen MR) is 98.2 cm³/mol. The monoisotopic (exact) mass is 398 g/mol. The molecule has 2 N–H and O–H groups in total. The first-order chi connectivity index (χ1) is 12.3. The van der Waals surface area contributed by atoms with E-state index >= 15 is 0 Å². The second-order valence-electron chi connectivity index (χ2n) is 6.50. The van der Waals surface area contributed by atoms with E-state index in [0.29, 0.717) is 36.4 Å². The second kappa shape index (κ2) is 7.51. The molecule has 1 atom stereocenters. The lowest BCUT2D eigenvalue weighted by molar-refractivity contribution is -0.127. The summed E-state index contributed by atoms with van der Waals surface area (Å²) in [7, 11) is -3.22. The maximum atomic E-state index is 12.5. The summed E-state index contributed by atoms with van der Waals surface area (Å²) in [5.74, 6) is -0.429. The Labute approximate surface area is 156 Å². The quantitative estimate of drug-likeness (QED) is 0.765. The third-order valence-electron chi connectivity index (χ3n) is 4.74. The maximum Gasteiger partial charge on any atom is 0.223 e. The summed E-state index contributed by atoms with van der Waals surface area (Å²) in [6, 6.07) is 5.33. The van der Waals surface area contributed by atoms with Gasteiger partial charge in [0.15, 0.2) is 0 Å². The van der Waals surface area contributed by atoms with Crippen LogP contribution in [0.3, 0.4) is 0 Å². The molecule has 0 spiro atoms. The summed E-state index contributed by atoms with van der Waals surface area (Å²) in [4.78, 5) is 13.2. The van der Waals surface area contributed by atoms with Crippen LogP contribution >= 0.6 is 11.3 Å². The number of sulfonamides is 1. The van der Waals surface area contributed by atoms with Crippen LogP contribution in [0.1, 0.15) is 23.3 Å². The molecule has 3 rings (SSSR count). The van der Waals surface area contributed by atoms with Crippen LogP contribution in [0, 0.1) is 5.92 Å². The van der Waals surface area contributed by atoms with E-state index in [1.807, 2.05) is 17.5 Å². The van der Waals surface area contributed by atoms with Crippen molar-refractivity contribution in [2.45, 2.75) is 18.4 Å². The molecule has 3 heterocycles. The van der Waals surface area contributed by atoms with Crippen molar-refractivity contribution >= 4 is 27.3 Å². The first kappa shape index (κ1) is 19.1. The van der Waals surface area contributed by atoms with Gasteiger partial charge in [-0.15, -0.1) is 11.3 Å².